The molecule has 0 aliphatic heterocycles. The molecule has 1 aromatic carbocycles. The maximum absolute atomic E-state index is 13.6. The first-order chi connectivity index (χ1) is 8.45. The first kappa shape index (κ1) is 14.5. The van der Waals surface area contributed by atoms with Crippen molar-refractivity contribution in [3.63, 3.8) is 0 Å². The number of carbonyl (C=O) groups is 1. The lowest BCUT2D eigenvalue weighted by Gasteiger charge is -2.18. The van der Waals surface area contributed by atoms with Gasteiger partial charge in [-0.05, 0) is 19.0 Å². The fraction of sp³-hybridized carbons (Fsp3) is 0.417. The van der Waals surface area contributed by atoms with Gasteiger partial charge in [-0.1, -0.05) is 6.92 Å². The first-order valence-corrected chi connectivity index (χ1v) is 5.61. The third kappa shape index (κ3) is 3.73. The number of rotatable bonds is 6. The van der Waals surface area contributed by atoms with Crippen LogP contribution in [0.25, 0.3) is 0 Å². The zero-order valence-electron chi connectivity index (χ0n) is 9.97. The van der Waals surface area contributed by atoms with E-state index in [4.69, 9.17) is 5.73 Å². The van der Waals surface area contributed by atoms with Gasteiger partial charge in [0.25, 0.3) is 0 Å². The molecule has 0 fully saturated rings. The SMILES string of the molecule is CCCNC(CC(N)=O)c1cc(F)c(F)cc1F. The second kappa shape index (κ2) is 6.39. The highest BCUT2D eigenvalue weighted by molar-refractivity contribution is 5.74. The second-order valence-electron chi connectivity index (χ2n) is 3.96. The molecule has 0 aliphatic carbocycles. The number of nitrogens with one attached hydrogen (secondary N) is 1. The molecule has 0 aromatic heterocycles. The summed E-state index contributed by atoms with van der Waals surface area (Å²) < 4.78 is 39.5. The van der Waals surface area contributed by atoms with E-state index in [1.54, 1.807) is 0 Å². The molecule has 1 rings (SSSR count). The van der Waals surface area contributed by atoms with Crippen LogP contribution in [0.3, 0.4) is 0 Å². The van der Waals surface area contributed by atoms with Crippen molar-refractivity contribution in [1.29, 1.82) is 0 Å². The topological polar surface area (TPSA) is 55.1 Å². The molecule has 0 heterocycles. The minimum atomic E-state index is -1.26. The molecule has 1 unspecified atom stereocenters. The lowest BCUT2D eigenvalue weighted by molar-refractivity contribution is -0.118. The Bertz CT molecular complexity index is 438. The number of benzene rings is 1. The van der Waals surface area contributed by atoms with Crippen molar-refractivity contribution in [2.45, 2.75) is 25.8 Å². The Balaban J connectivity index is 3.03. The van der Waals surface area contributed by atoms with Crippen molar-refractivity contribution in [2.24, 2.45) is 5.73 Å². The van der Waals surface area contributed by atoms with Crippen molar-refractivity contribution in [3.8, 4) is 0 Å². The van der Waals surface area contributed by atoms with Crippen molar-refractivity contribution in [1.82, 2.24) is 5.32 Å². The molecule has 0 saturated heterocycles. The zero-order valence-corrected chi connectivity index (χ0v) is 9.97. The highest BCUT2D eigenvalue weighted by Crippen LogP contribution is 2.22. The molecule has 1 atom stereocenters. The van der Waals surface area contributed by atoms with Crippen LogP contribution in [-0.2, 0) is 4.79 Å². The van der Waals surface area contributed by atoms with Crippen LogP contribution in [0.4, 0.5) is 13.2 Å². The third-order valence-corrected chi connectivity index (χ3v) is 2.46. The van der Waals surface area contributed by atoms with E-state index in [1.165, 1.54) is 0 Å². The van der Waals surface area contributed by atoms with Crippen molar-refractivity contribution in [3.05, 3.63) is 35.1 Å². The minimum Gasteiger partial charge on any atom is -0.370 e. The summed E-state index contributed by atoms with van der Waals surface area (Å²) in [4.78, 5) is 10.9. The van der Waals surface area contributed by atoms with Crippen LogP contribution in [0, 0.1) is 17.5 Å². The standard InChI is InChI=1S/C12H15F3N2O/c1-2-3-17-11(6-12(16)18)7-4-9(14)10(15)5-8(7)13/h4-5,11,17H,2-3,6H2,1H3,(H2,16,18). The average Bonchev–Trinajstić information content (AvgIpc) is 2.29. The predicted molar refractivity (Wildman–Crippen MR) is 61.2 cm³/mol. The van der Waals surface area contributed by atoms with Crippen LogP contribution in [0.5, 0.6) is 0 Å². The largest absolute Gasteiger partial charge is 0.370 e. The molecular weight excluding hydrogens is 245 g/mol. The van der Waals surface area contributed by atoms with E-state index in [0.29, 0.717) is 12.6 Å². The van der Waals surface area contributed by atoms with E-state index < -0.39 is 29.4 Å². The van der Waals surface area contributed by atoms with E-state index in [9.17, 15) is 18.0 Å². The second-order valence-corrected chi connectivity index (χ2v) is 3.96. The Morgan fingerprint density at radius 2 is 1.89 bits per heavy atom. The van der Waals surface area contributed by atoms with Gasteiger partial charge in [0.2, 0.25) is 5.91 Å². The zero-order chi connectivity index (χ0) is 13.7. The van der Waals surface area contributed by atoms with Gasteiger partial charge < -0.3 is 11.1 Å². The van der Waals surface area contributed by atoms with Gasteiger partial charge in [0.1, 0.15) is 5.82 Å². The predicted octanol–water partition coefficient (Wildman–Crippen LogP) is 2.02. The Hall–Kier alpha value is -1.56. The highest BCUT2D eigenvalue weighted by atomic mass is 19.2. The summed E-state index contributed by atoms with van der Waals surface area (Å²) in [6.07, 6.45) is 0.572. The van der Waals surface area contributed by atoms with Crippen molar-refractivity contribution in [2.75, 3.05) is 6.54 Å². The molecule has 1 aromatic rings. The van der Waals surface area contributed by atoms with Gasteiger partial charge in [0.05, 0.1) is 0 Å². The molecule has 3 N–H and O–H groups in total. The van der Waals surface area contributed by atoms with Crippen molar-refractivity contribution < 1.29 is 18.0 Å². The van der Waals surface area contributed by atoms with Crippen LogP contribution in [0.1, 0.15) is 31.4 Å². The van der Waals surface area contributed by atoms with Gasteiger partial charge in [-0.25, -0.2) is 13.2 Å². The van der Waals surface area contributed by atoms with Gasteiger partial charge in [-0.2, -0.15) is 0 Å². The molecule has 0 bridgehead atoms. The molecular formula is C12H15F3N2O. The molecule has 0 saturated carbocycles. The summed E-state index contributed by atoms with van der Waals surface area (Å²) in [5.74, 6) is -3.96. The Kier molecular flexibility index (Phi) is 5.15. The summed E-state index contributed by atoms with van der Waals surface area (Å²) >= 11 is 0. The maximum Gasteiger partial charge on any atom is 0.219 e. The number of hydrogen-bond acceptors (Lipinski definition) is 2. The first-order valence-electron chi connectivity index (χ1n) is 5.61. The quantitative estimate of drug-likeness (QED) is 0.769. The van der Waals surface area contributed by atoms with Gasteiger partial charge in [0.15, 0.2) is 11.6 Å². The van der Waals surface area contributed by atoms with Crippen LogP contribution < -0.4 is 11.1 Å². The van der Waals surface area contributed by atoms with E-state index in [1.807, 2.05) is 6.92 Å². The fourth-order valence-electron chi connectivity index (χ4n) is 1.62. The van der Waals surface area contributed by atoms with E-state index in [2.05, 4.69) is 5.32 Å². The number of nitrogens with two attached hydrogens (primary N) is 1. The van der Waals surface area contributed by atoms with Crippen LogP contribution in [-0.4, -0.2) is 12.5 Å². The van der Waals surface area contributed by atoms with Gasteiger partial charge in [0, 0.05) is 24.1 Å². The number of hydrogen-bond donors (Lipinski definition) is 2. The number of halogens is 3. The molecule has 0 spiro atoms. The molecule has 18 heavy (non-hydrogen) atoms. The van der Waals surface area contributed by atoms with Gasteiger partial charge in [-0.3, -0.25) is 4.79 Å². The molecule has 100 valence electrons. The minimum absolute atomic E-state index is 0.0962. The van der Waals surface area contributed by atoms with Crippen LogP contribution >= 0.6 is 0 Å². The summed E-state index contributed by atoms with van der Waals surface area (Å²) in [5.41, 5.74) is 4.96. The molecule has 3 nitrogen and oxygen atoms in total. The summed E-state index contributed by atoms with van der Waals surface area (Å²) in [5, 5.41) is 2.87. The van der Waals surface area contributed by atoms with E-state index in [-0.39, 0.29) is 12.0 Å². The Morgan fingerprint density at radius 3 is 2.44 bits per heavy atom. The molecule has 0 aliphatic rings. The number of carbonyl (C=O) groups excluding carboxylic acids is 1. The molecule has 1 amide bonds. The summed E-state index contributed by atoms with van der Waals surface area (Å²) in [6, 6.07) is 0.463. The lowest BCUT2D eigenvalue weighted by Crippen LogP contribution is -2.28. The molecule has 6 heteroatoms. The molecule has 0 radical (unpaired) electrons. The van der Waals surface area contributed by atoms with Gasteiger partial charge >= 0.3 is 0 Å². The monoisotopic (exact) mass is 260 g/mol. The number of primary amides is 1. The highest BCUT2D eigenvalue weighted by Gasteiger charge is 2.20. The fourth-order valence-corrected chi connectivity index (χ4v) is 1.62. The van der Waals surface area contributed by atoms with Gasteiger partial charge in [-0.15, -0.1) is 0 Å². The Labute approximate surface area is 103 Å². The Morgan fingerprint density at radius 1 is 1.28 bits per heavy atom. The normalized spacial score (nSPS) is 12.4. The summed E-state index contributed by atoms with van der Waals surface area (Å²) in [7, 11) is 0. The number of amides is 1. The maximum atomic E-state index is 13.6. The van der Waals surface area contributed by atoms with E-state index in [0.717, 1.165) is 12.5 Å². The van der Waals surface area contributed by atoms with Crippen molar-refractivity contribution >= 4 is 5.91 Å². The van der Waals surface area contributed by atoms with Crippen LogP contribution in [0.15, 0.2) is 12.1 Å². The summed E-state index contributed by atoms with van der Waals surface area (Å²) in [6.45, 7) is 2.40. The van der Waals surface area contributed by atoms with Crippen LogP contribution in [0.2, 0.25) is 0 Å². The smallest absolute Gasteiger partial charge is 0.219 e. The van der Waals surface area contributed by atoms with E-state index >= 15 is 0 Å². The average molecular weight is 260 g/mol. The third-order valence-electron chi connectivity index (χ3n) is 2.46. The lowest BCUT2D eigenvalue weighted by atomic mass is 10.0.